The van der Waals surface area contributed by atoms with Crippen molar-refractivity contribution in [2.75, 3.05) is 31.3 Å². The van der Waals surface area contributed by atoms with E-state index in [1.807, 2.05) is 45.0 Å². The Bertz CT molecular complexity index is 505. The van der Waals surface area contributed by atoms with Crippen LogP contribution in [0.1, 0.15) is 32.8 Å². The molecule has 0 bridgehead atoms. The molecule has 136 valence electrons. The van der Waals surface area contributed by atoms with Gasteiger partial charge in [-0.2, -0.15) is 11.8 Å². The normalized spacial score (nSPS) is 11.4. The molecule has 0 aliphatic heterocycles. The van der Waals surface area contributed by atoms with Crippen LogP contribution in [-0.2, 0) is 11.2 Å². The van der Waals surface area contributed by atoms with Crippen LogP contribution in [0.4, 0.5) is 4.79 Å². The minimum atomic E-state index is -0.287. The first-order valence-electron chi connectivity index (χ1n) is 8.22. The minimum absolute atomic E-state index is 0.210. The molecule has 0 saturated heterocycles. The highest BCUT2D eigenvalue weighted by Gasteiger charge is 2.27. The highest BCUT2D eigenvalue weighted by Crippen LogP contribution is 2.17. The number of amides is 1. The highest BCUT2D eigenvalue weighted by atomic mass is 35.5. The number of ether oxygens (including phenoxy) is 1. The van der Waals surface area contributed by atoms with E-state index in [-0.39, 0.29) is 18.2 Å². The van der Waals surface area contributed by atoms with Gasteiger partial charge in [0.2, 0.25) is 0 Å². The lowest BCUT2D eigenvalue weighted by Crippen LogP contribution is -2.47. The zero-order valence-electron chi connectivity index (χ0n) is 14.8. The number of thioether (sulfide) groups is 1. The van der Waals surface area contributed by atoms with Crippen molar-refractivity contribution in [2.45, 2.75) is 39.2 Å². The number of rotatable bonds is 9. The van der Waals surface area contributed by atoms with Crippen molar-refractivity contribution in [3.63, 3.8) is 0 Å². The molecule has 1 aromatic carbocycles. The molecule has 6 heteroatoms. The summed E-state index contributed by atoms with van der Waals surface area (Å²) in [6, 6.07) is 7.57. The van der Waals surface area contributed by atoms with Gasteiger partial charge < -0.3 is 14.7 Å². The lowest BCUT2D eigenvalue weighted by Gasteiger charge is -2.34. The van der Waals surface area contributed by atoms with Gasteiger partial charge in [-0.25, -0.2) is 4.79 Å². The molecule has 4 nitrogen and oxygen atoms in total. The molecule has 0 unspecified atom stereocenters. The number of benzene rings is 1. The molecule has 0 heterocycles. The van der Waals surface area contributed by atoms with E-state index in [4.69, 9.17) is 21.4 Å². The van der Waals surface area contributed by atoms with Crippen molar-refractivity contribution >= 4 is 29.5 Å². The standard InChI is InChI=1S/C18H28ClNO3S/c1-18(2,3)20(9-13-24-12-5-10-21)17(22)23-11-8-15-6-4-7-16(19)14-15/h4,6-7,14,21H,5,8-13H2,1-3H3. The van der Waals surface area contributed by atoms with Crippen LogP contribution < -0.4 is 0 Å². The van der Waals surface area contributed by atoms with E-state index in [1.165, 1.54) is 0 Å². The number of nitrogens with zero attached hydrogens (tertiary/aromatic N) is 1. The Kier molecular flexibility index (Phi) is 9.56. The maximum atomic E-state index is 12.4. The monoisotopic (exact) mass is 373 g/mol. The lowest BCUT2D eigenvalue weighted by atomic mass is 10.1. The molecule has 0 aliphatic rings. The van der Waals surface area contributed by atoms with Crippen LogP contribution in [0.2, 0.25) is 5.02 Å². The molecule has 0 aliphatic carbocycles. The second-order valence-corrected chi connectivity index (χ2v) is 8.17. The fourth-order valence-electron chi connectivity index (χ4n) is 2.15. The van der Waals surface area contributed by atoms with Gasteiger partial charge in [-0.3, -0.25) is 0 Å². The Morgan fingerprint density at radius 2 is 2.08 bits per heavy atom. The summed E-state index contributed by atoms with van der Waals surface area (Å²) in [5.74, 6) is 1.74. The SMILES string of the molecule is CC(C)(C)N(CCSCCCO)C(=O)OCCc1cccc(Cl)c1. The number of carbonyl (C=O) groups excluding carboxylic acids is 1. The second kappa shape index (κ2) is 10.9. The van der Waals surface area contributed by atoms with Gasteiger partial charge in [-0.1, -0.05) is 23.7 Å². The smallest absolute Gasteiger partial charge is 0.410 e. The predicted molar refractivity (Wildman–Crippen MR) is 102 cm³/mol. The third-order valence-corrected chi connectivity index (χ3v) is 4.73. The largest absolute Gasteiger partial charge is 0.449 e. The van der Waals surface area contributed by atoms with Crippen LogP contribution >= 0.6 is 23.4 Å². The first-order chi connectivity index (χ1) is 11.3. The highest BCUT2D eigenvalue weighted by molar-refractivity contribution is 7.99. The Morgan fingerprint density at radius 3 is 2.71 bits per heavy atom. The summed E-state index contributed by atoms with van der Waals surface area (Å²) < 4.78 is 5.45. The lowest BCUT2D eigenvalue weighted by molar-refractivity contribution is 0.0720. The van der Waals surface area contributed by atoms with Crippen molar-refractivity contribution in [3.05, 3.63) is 34.9 Å². The molecule has 24 heavy (non-hydrogen) atoms. The number of hydrogen-bond acceptors (Lipinski definition) is 4. The van der Waals surface area contributed by atoms with Gasteiger partial charge in [-0.15, -0.1) is 0 Å². The van der Waals surface area contributed by atoms with E-state index in [2.05, 4.69) is 0 Å². The van der Waals surface area contributed by atoms with Crippen LogP contribution in [0.5, 0.6) is 0 Å². The van der Waals surface area contributed by atoms with Crippen molar-refractivity contribution < 1.29 is 14.6 Å². The summed E-state index contributed by atoms with van der Waals surface area (Å²) in [6.07, 6.45) is 1.15. The Hall–Kier alpha value is -0.910. The number of aliphatic hydroxyl groups is 1. The minimum Gasteiger partial charge on any atom is -0.449 e. The fraction of sp³-hybridized carbons (Fsp3) is 0.611. The number of hydrogen-bond donors (Lipinski definition) is 1. The molecule has 1 rings (SSSR count). The zero-order chi connectivity index (χ0) is 18.0. The summed E-state index contributed by atoms with van der Waals surface area (Å²) in [5, 5.41) is 9.48. The van der Waals surface area contributed by atoms with Gasteiger partial charge in [0.05, 0.1) is 6.61 Å². The number of halogens is 1. The zero-order valence-corrected chi connectivity index (χ0v) is 16.3. The molecule has 0 saturated carbocycles. The second-order valence-electron chi connectivity index (χ2n) is 6.51. The summed E-state index contributed by atoms with van der Waals surface area (Å²) in [4.78, 5) is 14.2. The van der Waals surface area contributed by atoms with Gasteiger partial charge in [0.1, 0.15) is 0 Å². The van der Waals surface area contributed by atoms with Crippen molar-refractivity contribution in [1.29, 1.82) is 0 Å². The third kappa shape index (κ3) is 8.27. The maximum Gasteiger partial charge on any atom is 0.410 e. The van der Waals surface area contributed by atoms with Gasteiger partial charge in [0.25, 0.3) is 0 Å². The van der Waals surface area contributed by atoms with E-state index in [0.717, 1.165) is 23.5 Å². The van der Waals surface area contributed by atoms with Crippen LogP contribution in [0.25, 0.3) is 0 Å². The van der Waals surface area contributed by atoms with Gasteiger partial charge >= 0.3 is 6.09 Å². The maximum absolute atomic E-state index is 12.4. The molecule has 0 atom stereocenters. The Morgan fingerprint density at radius 1 is 1.33 bits per heavy atom. The average Bonchev–Trinajstić information content (AvgIpc) is 2.49. The number of aliphatic hydroxyl groups excluding tert-OH is 1. The molecule has 1 N–H and O–H groups in total. The molecule has 0 aromatic heterocycles. The topological polar surface area (TPSA) is 49.8 Å². The molecule has 0 fully saturated rings. The summed E-state index contributed by atoms with van der Waals surface area (Å²) in [5.41, 5.74) is 0.766. The van der Waals surface area contributed by atoms with Crippen molar-refractivity contribution in [2.24, 2.45) is 0 Å². The average molecular weight is 374 g/mol. The van der Waals surface area contributed by atoms with E-state index in [1.54, 1.807) is 16.7 Å². The van der Waals surface area contributed by atoms with Gasteiger partial charge in [-0.05, 0) is 50.6 Å². The van der Waals surface area contributed by atoms with Crippen molar-refractivity contribution in [1.82, 2.24) is 4.90 Å². The number of carbonyl (C=O) groups is 1. The molecule has 1 aromatic rings. The van der Waals surface area contributed by atoms with Crippen LogP contribution in [-0.4, -0.2) is 52.9 Å². The Labute approximate surface area is 154 Å². The molecule has 0 spiro atoms. The molecule has 1 amide bonds. The van der Waals surface area contributed by atoms with E-state index in [9.17, 15) is 4.79 Å². The summed E-state index contributed by atoms with van der Waals surface area (Å²) >= 11 is 7.69. The van der Waals surface area contributed by atoms with E-state index < -0.39 is 0 Å². The van der Waals surface area contributed by atoms with Crippen LogP contribution in [0.3, 0.4) is 0 Å². The third-order valence-electron chi connectivity index (χ3n) is 3.44. The first kappa shape index (κ1) is 21.1. The van der Waals surface area contributed by atoms with Crippen molar-refractivity contribution in [3.8, 4) is 0 Å². The van der Waals surface area contributed by atoms with Gasteiger partial charge in [0, 0.05) is 35.9 Å². The predicted octanol–water partition coefficient (Wildman–Crippen LogP) is 4.24. The molecule has 0 radical (unpaired) electrons. The van der Waals surface area contributed by atoms with Crippen LogP contribution in [0, 0.1) is 0 Å². The fourth-order valence-corrected chi connectivity index (χ4v) is 3.21. The Balaban J connectivity index is 2.43. The molecular weight excluding hydrogens is 346 g/mol. The van der Waals surface area contributed by atoms with Crippen LogP contribution in [0.15, 0.2) is 24.3 Å². The summed E-state index contributed by atoms with van der Waals surface area (Å²) in [7, 11) is 0. The quantitative estimate of drug-likeness (QED) is 0.658. The first-order valence-corrected chi connectivity index (χ1v) is 9.75. The van der Waals surface area contributed by atoms with Gasteiger partial charge in [0.15, 0.2) is 0 Å². The summed E-state index contributed by atoms with van der Waals surface area (Å²) in [6.45, 7) is 7.19. The van der Waals surface area contributed by atoms with E-state index in [0.29, 0.717) is 24.6 Å². The van der Waals surface area contributed by atoms with E-state index >= 15 is 0 Å². The molecular formula is C18H28ClNO3S.